The van der Waals surface area contributed by atoms with Gasteiger partial charge in [0.25, 0.3) is 0 Å². The molecule has 1 aliphatic heterocycles. The number of ether oxygens (including phenoxy) is 2. The normalized spacial score (nSPS) is 14.5. The Morgan fingerprint density at radius 2 is 1.71 bits per heavy atom. The first kappa shape index (κ1) is 24.4. The largest absolute Gasteiger partial charge is 0.490 e. The molecule has 1 fully saturated rings. The topological polar surface area (TPSA) is 54.9 Å². The molecule has 2 aromatic carbocycles. The number of piperidine rings is 1. The maximum Gasteiger partial charge on any atom is 0.419 e. The third kappa shape index (κ3) is 6.23. The number of para-hydroxylation sites is 1. The summed E-state index contributed by atoms with van der Waals surface area (Å²) in [5, 5.41) is 0. The van der Waals surface area contributed by atoms with E-state index in [-0.39, 0.29) is 18.5 Å². The van der Waals surface area contributed by atoms with Crippen LogP contribution in [0.15, 0.2) is 72.9 Å². The van der Waals surface area contributed by atoms with Crippen LogP contribution < -0.4 is 14.5 Å². The lowest BCUT2D eigenvalue weighted by molar-refractivity contribution is -0.139. The summed E-state index contributed by atoms with van der Waals surface area (Å²) in [5.74, 6) is 0.595. The van der Waals surface area contributed by atoms with Crippen molar-refractivity contribution in [1.82, 2.24) is 4.98 Å². The maximum absolute atomic E-state index is 13.2. The predicted molar refractivity (Wildman–Crippen MR) is 127 cm³/mol. The number of carbonyl (C=O) groups excluding carboxylic acids is 1. The van der Waals surface area contributed by atoms with Gasteiger partial charge in [-0.3, -0.25) is 4.90 Å². The van der Waals surface area contributed by atoms with Crippen molar-refractivity contribution in [3.63, 3.8) is 0 Å². The van der Waals surface area contributed by atoms with Crippen LogP contribution >= 0.6 is 0 Å². The fraction of sp³-hybridized carbons (Fsp3) is 0.308. The van der Waals surface area contributed by atoms with E-state index in [4.69, 9.17) is 9.47 Å². The van der Waals surface area contributed by atoms with Gasteiger partial charge in [0.2, 0.25) is 0 Å². The van der Waals surface area contributed by atoms with Crippen molar-refractivity contribution in [3.05, 3.63) is 84.1 Å². The molecule has 6 nitrogen and oxygen atoms in total. The van der Waals surface area contributed by atoms with Crippen molar-refractivity contribution in [3.8, 4) is 5.75 Å². The molecule has 1 aliphatic rings. The molecule has 0 atom stereocenters. The van der Waals surface area contributed by atoms with Crippen LogP contribution in [0.4, 0.5) is 29.5 Å². The van der Waals surface area contributed by atoms with E-state index in [9.17, 15) is 18.0 Å². The minimum Gasteiger partial charge on any atom is -0.490 e. The minimum absolute atomic E-state index is 0.136. The molecular formula is C26H26F3N3O3. The number of anilines is 2. The average Bonchev–Trinajstić information content (AvgIpc) is 2.88. The molecule has 0 bridgehead atoms. The molecule has 0 radical (unpaired) electrons. The lowest BCUT2D eigenvalue weighted by Gasteiger charge is -2.33. The van der Waals surface area contributed by atoms with Crippen LogP contribution in [0.3, 0.4) is 0 Å². The quantitative estimate of drug-likeness (QED) is 0.434. The average molecular weight is 486 g/mol. The zero-order valence-electron chi connectivity index (χ0n) is 19.2. The molecule has 1 aromatic heterocycles. The summed E-state index contributed by atoms with van der Waals surface area (Å²) in [6.45, 7) is 1.38. The van der Waals surface area contributed by atoms with E-state index >= 15 is 0 Å². The highest BCUT2D eigenvalue weighted by atomic mass is 19.4. The summed E-state index contributed by atoms with van der Waals surface area (Å²) >= 11 is 0. The third-order valence-electron chi connectivity index (χ3n) is 5.85. The fourth-order valence-electron chi connectivity index (χ4n) is 3.87. The Morgan fingerprint density at radius 1 is 1.03 bits per heavy atom. The number of aromatic nitrogens is 1. The molecule has 0 saturated carbocycles. The third-order valence-corrected chi connectivity index (χ3v) is 5.85. The number of pyridine rings is 1. The van der Waals surface area contributed by atoms with Gasteiger partial charge in [0, 0.05) is 33.0 Å². The Labute approximate surface area is 201 Å². The van der Waals surface area contributed by atoms with Gasteiger partial charge in [-0.25, -0.2) is 9.78 Å². The number of alkyl halides is 3. The fourth-order valence-corrected chi connectivity index (χ4v) is 3.87. The molecule has 1 saturated heterocycles. The second-order valence-electron chi connectivity index (χ2n) is 8.27. The van der Waals surface area contributed by atoms with E-state index in [2.05, 4.69) is 4.98 Å². The Kier molecular flexibility index (Phi) is 7.43. The molecule has 9 heteroatoms. The van der Waals surface area contributed by atoms with Gasteiger partial charge in [-0.1, -0.05) is 42.5 Å². The first-order chi connectivity index (χ1) is 16.8. The summed E-state index contributed by atoms with van der Waals surface area (Å²) < 4.78 is 50.7. The van der Waals surface area contributed by atoms with E-state index in [0.29, 0.717) is 31.6 Å². The van der Waals surface area contributed by atoms with Crippen LogP contribution in [0.5, 0.6) is 5.75 Å². The van der Waals surface area contributed by atoms with Gasteiger partial charge in [0.05, 0.1) is 17.4 Å². The number of hydrogen-bond donors (Lipinski definition) is 0. The molecule has 0 N–H and O–H groups in total. The van der Waals surface area contributed by atoms with Crippen LogP contribution in [0, 0.1) is 0 Å². The molecule has 184 valence electrons. The molecule has 0 aliphatic carbocycles. The standard InChI is InChI=1S/C26H26F3N3O3/c1-31(25(33)34-18-19-7-3-2-4-8-19)20-11-12-24(30-17-20)32-15-13-21(14-16-32)35-23-10-6-5-9-22(23)26(27,28)29/h2-12,17,21H,13-16,18H2,1H3. The monoisotopic (exact) mass is 485 g/mol. The zero-order valence-corrected chi connectivity index (χ0v) is 19.2. The molecule has 35 heavy (non-hydrogen) atoms. The molecule has 2 heterocycles. The van der Waals surface area contributed by atoms with E-state index in [1.54, 1.807) is 25.4 Å². The summed E-state index contributed by atoms with van der Waals surface area (Å²) in [6.07, 6.45) is -2.51. The van der Waals surface area contributed by atoms with Crippen molar-refractivity contribution in [1.29, 1.82) is 0 Å². The lowest BCUT2D eigenvalue weighted by atomic mass is 10.1. The van der Waals surface area contributed by atoms with Gasteiger partial charge in [0.15, 0.2) is 0 Å². The highest BCUT2D eigenvalue weighted by Crippen LogP contribution is 2.37. The van der Waals surface area contributed by atoms with Gasteiger partial charge < -0.3 is 14.4 Å². The number of carbonyl (C=O) groups is 1. The van der Waals surface area contributed by atoms with E-state index < -0.39 is 17.8 Å². The van der Waals surface area contributed by atoms with Crippen LogP contribution in [-0.4, -0.2) is 37.3 Å². The molecule has 0 spiro atoms. The Bertz CT molecular complexity index is 1120. The predicted octanol–water partition coefficient (Wildman–Crippen LogP) is 5.92. The number of amides is 1. The van der Waals surface area contributed by atoms with Gasteiger partial charge in [-0.15, -0.1) is 0 Å². The van der Waals surface area contributed by atoms with E-state index in [0.717, 1.165) is 17.4 Å². The van der Waals surface area contributed by atoms with Gasteiger partial charge in [0.1, 0.15) is 24.3 Å². The number of nitrogens with zero attached hydrogens (tertiary/aromatic N) is 3. The molecular weight excluding hydrogens is 459 g/mol. The summed E-state index contributed by atoms with van der Waals surface area (Å²) in [6, 6.07) is 18.3. The minimum atomic E-state index is -4.45. The maximum atomic E-state index is 13.2. The highest BCUT2D eigenvalue weighted by Gasteiger charge is 2.35. The number of benzene rings is 2. The number of halogens is 3. The summed E-state index contributed by atoms with van der Waals surface area (Å²) in [7, 11) is 1.62. The highest BCUT2D eigenvalue weighted by molar-refractivity contribution is 5.86. The van der Waals surface area contributed by atoms with Gasteiger partial charge >= 0.3 is 12.3 Å². The Hall–Kier alpha value is -3.75. The molecule has 0 unspecified atom stereocenters. The van der Waals surface area contributed by atoms with Crippen molar-refractivity contribution in [2.75, 3.05) is 29.9 Å². The Morgan fingerprint density at radius 3 is 2.37 bits per heavy atom. The smallest absolute Gasteiger partial charge is 0.419 e. The van der Waals surface area contributed by atoms with Gasteiger partial charge in [-0.2, -0.15) is 13.2 Å². The summed E-state index contributed by atoms with van der Waals surface area (Å²) in [4.78, 5) is 20.3. The first-order valence-corrected chi connectivity index (χ1v) is 11.3. The van der Waals surface area contributed by atoms with Crippen LogP contribution in [0.2, 0.25) is 0 Å². The summed E-state index contributed by atoms with van der Waals surface area (Å²) in [5.41, 5.74) is 0.733. The van der Waals surface area contributed by atoms with Crippen LogP contribution in [0.1, 0.15) is 24.0 Å². The second-order valence-corrected chi connectivity index (χ2v) is 8.27. The lowest BCUT2D eigenvalue weighted by Crippen LogP contribution is -2.39. The number of rotatable bonds is 6. The number of hydrogen-bond acceptors (Lipinski definition) is 5. The zero-order chi connectivity index (χ0) is 24.8. The molecule has 3 aromatic rings. The van der Waals surface area contributed by atoms with E-state index in [1.807, 2.05) is 41.3 Å². The second kappa shape index (κ2) is 10.7. The van der Waals surface area contributed by atoms with Crippen LogP contribution in [0.25, 0.3) is 0 Å². The van der Waals surface area contributed by atoms with Crippen molar-refractivity contribution in [2.24, 2.45) is 0 Å². The van der Waals surface area contributed by atoms with Crippen molar-refractivity contribution in [2.45, 2.75) is 31.7 Å². The molecule has 1 amide bonds. The molecule has 4 rings (SSSR count). The van der Waals surface area contributed by atoms with Crippen molar-refractivity contribution >= 4 is 17.6 Å². The van der Waals surface area contributed by atoms with Crippen LogP contribution in [-0.2, 0) is 17.5 Å². The van der Waals surface area contributed by atoms with E-state index in [1.165, 1.54) is 17.0 Å². The SMILES string of the molecule is CN(C(=O)OCc1ccccc1)c1ccc(N2CCC(Oc3ccccc3C(F)(F)F)CC2)nc1. The Balaban J connectivity index is 1.29. The van der Waals surface area contributed by atoms with Gasteiger partial charge in [-0.05, 0) is 29.8 Å². The van der Waals surface area contributed by atoms with Crippen molar-refractivity contribution < 1.29 is 27.4 Å². The first-order valence-electron chi connectivity index (χ1n) is 11.3.